The Hall–Kier alpha value is -0.900. The van der Waals surface area contributed by atoms with Crippen LogP contribution in [0.1, 0.15) is 32.6 Å². The van der Waals surface area contributed by atoms with E-state index in [1.165, 1.54) is 0 Å². The molecule has 2 rings (SSSR count). The summed E-state index contributed by atoms with van der Waals surface area (Å²) in [5.41, 5.74) is 0. The van der Waals surface area contributed by atoms with E-state index in [0.717, 1.165) is 33.5 Å². The van der Waals surface area contributed by atoms with Crippen molar-refractivity contribution in [3.63, 3.8) is 0 Å². The van der Waals surface area contributed by atoms with Crippen LogP contribution in [0.15, 0.2) is 70.1 Å². The molecule has 0 spiro atoms. The largest absolute Gasteiger partial charge is 0.388 e. The zero-order valence-corrected chi connectivity index (χ0v) is 17.0. The fraction of sp³-hybridized carbons (Fsp3) is 0.300. The molecule has 128 valence electrons. The molecule has 2 nitrogen and oxygen atoms in total. The van der Waals surface area contributed by atoms with Crippen LogP contribution in [-0.4, -0.2) is 11.2 Å². The van der Waals surface area contributed by atoms with E-state index in [2.05, 4.69) is 29.5 Å². The summed E-state index contributed by atoms with van der Waals surface area (Å²) in [5.74, 6) is 1.79. The number of hydrogen-bond donors (Lipinski definition) is 1. The van der Waals surface area contributed by atoms with Gasteiger partial charge in [-0.3, -0.25) is 0 Å². The van der Waals surface area contributed by atoms with Gasteiger partial charge < -0.3 is 9.67 Å². The highest BCUT2D eigenvalue weighted by Crippen LogP contribution is 2.47. The lowest BCUT2D eigenvalue weighted by Gasteiger charge is -2.18. The predicted molar refractivity (Wildman–Crippen MR) is 112 cm³/mol. The highest BCUT2D eigenvalue weighted by Gasteiger charge is 2.26. The van der Waals surface area contributed by atoms with Crippen molar-refractivity contribution in [1.29, 1.82) is 0 Å². The van der Waals surface area contributed by atoms with E-state index in [9.17, 15) is 9.67 Å². The molecule has 2 aromatic carbocycles. The van der Waals surface area contributed by atoms with E-state index in [0.29, 0.717) is 6.42 Å². The molecule has 0 radical (unpaired) electrons. The minimum Gasteiger partial charge on any atom is -0.388 e. The van der Waals surface area contributed by atoms with Gasteiger partial charge in [0.15, 0.2) is 7.14 Å². The first-order chi connectivity index (χ1) is 11.6. The molecule has 0 unspecified atom stereocenters. The van der Waals surface area contributed by atoms with Crippen molar-refractivity contribution in [2.24, 2.45) is 0 Å². The minimum atomic E-state index is -2.90. The average molecular weight is 454 g/mol. The molecule has 0 amide bonds. The lowest BCUT2D eigenvalue weighted by molar-refractivity contribution is 0.206. The zero-order chi connectivity index (χ0) is 17.4. The van der Waals surface area contributed by atoms with Crippen molar-refractivity contribution < 1.29 is 9.67 Å². The molecule has 0 fully saturated rings. The summed E-state index contributed by atoms with van der Waals surface area (Å²) in [5, 5.41) is 12.0. The molecule has 1 N–H and O–H groups in total. The minimum absolute atomic E-state index is 0.544. The lowest BCUT2D eigenvalue weighted by atomic mass is 10.1. The second-order valence-electron chi connectivity index (χ2n) is 5.85. The summed E-state index contributed by atoms with van der Waals surface area (Å²) >= 11 is 2.14. The Bertz CT molecular complexity index is 655. The second-order valence-corrected chi connectivity index (χ2v) is 9.71. The van der Waals surface area contributed by atoms with E-state index in [4.69, 9.17) is 0 Å². The molecule has 0 saturated carbocycles. The first kappa shape index (κ1) is 19.4. The maximum atomic E-state index is 13.9. The molecule has 0 aliphatic carbocycles. The number of rotatable bonds is 8. The molecular weight excluding hydrogens is 430 g/mol. The SMILES string of the molecule is CCCCC[C@@H](O)/C(I)=C\P(=O)(c1ccccc1)c1ccccc1. The highest BCUT2D eigenvalue weighted by molar-refractivity contribution is 14.1. The van der Waals surface area contributed by atoms with Crippen molar-refractivity contribution in [2.45, 2.75) is 38.7 Å². The number of halogens is 1. The van der Waals surface area contributed by atoms with Crippen molar-refractivity contribution in [2.75, 3.05) is 0 Å². The first-order valence-corrected chi connectivity index (χ1v) is 11.2. The van der Waals surface area contributed by atoms with Gasteiger partial charge in [-0.2, -0.15) is 0 Å². The molecule has 0 saturated heterocycles. The normalized spacial score (nSPS) is 13.7. The third-order valence-electron chi connectivity index (χ3n) is 3.98. The Morgan fingerprint density at radius 1 is 1.04 bits per heavy atom. The Labute approximate surface area is 158 Å². The number of aliphatic hydroxyl groups excluding tert-OH is 1. The van der Waals surface area contributed by atoms with Gasteiger partial charge >= 0.3 is 0 Å². The van der Waals surface area contributed by atoms with Gasteiger partial charge in [-0.15, -0.1) is 0 Å². The Morgan fingerprint density at radius 2 is 1.54 bits per heavy atom. The van der Waals surface area contributed by atoms with Crippen LogP contribution in [0.25, 0.3) is 0 Å². The van der Waals surface area contributed by atoms with Crippen LogP contribution < -0.4 is 10.6 Å². The molecule has 0 bridgehead atoms. The molecule has 0 aliphatic rings. The van der Waals surface area contributed by atoms with E-state index < -0.39 is 13.2 Å². The van der Waals surface area contributed by atoms with Crippen LogP contribution in [0, 0.1) is 0 Å². The predicted octanol–water partition coefficient (Wildman–Crippen LogP) is 5.22. The average Bonchev–Trinajstić information content (AvgIpc) is 2.63. The monoisotopic (exact) mass is 454 g/mol. The number of aliphatic hydroxyl groups is 1. The topological polar surface area (TPSA) is 37.3 Å². The maximum Gasteiger partial charge on any atom is 0.164 e. The summed E-state index contributed by atoms with van der Waals surface area (Å²) in [4.78, 5) is 0. The summed E-state index contributed by atoms with van der Waals surface area (Å²) < 4.78 is 14.6. The van der Waals surface area contributed by atoms with Gasteiger partial charge in [0, 0.05) is 14.2 Å². The van der Waals surface area contributed by atoms with Crippen molar-refractivity contribution in [3.8, 4) is 0 Å². The van der Waals surface area contributed by atoms with Gasteiger partial charge in [-0.25, -0.2) is 0 Å². The summed E-state index contributed by atoms with van der Waals surface area (Å²) in [6.45, 7) is 2.15. The molecule has 0 aliphatic heterocycles. The Kier molecular flexibility index (Phi) is 7.73. The molecule has 4 heteroatoms. The zero-order valence-electron chi connectivity index (χ0n) is 13.9. The highest BCUT2D eigenvalue weighted by atomic mass is 127. The Balaban J connectivity index is 2.37. The third-order valence-corrected chi connectivity index (χ3v) is 8.28. The van der Waals surface area contributed by atoms with Crippen LogP contribution in [-0.2, 0) is 4.57 Å². The van der Waals surface area contributed by atoms with Crippen LogP contribution in [0.2, 0.25) is 0 Å². The van der Waals surface area contributed by atoms with E-state index in [-0.39, 0.29) is 0 Å². The van der Waals surface area contributed by atoms with Gasteiger partial charge in [0.25, 0.3) is 0 Å². The standard InChI is InChI=1S/C20H24IO2P/c1-2-3-6-15-20(22)19(21)16-24(23,17-11-7-4-8-12-17)18-13-9-5-10-14-18/h4-5,7-14,16,20,22H,2-3,6,15H2,1H3/b19-16+/t20-/m1/s1. The van der Waals surface area contributed by atoms with Crippen LogP contribution in [0.5, 0.6) is 0 Å². The summed E-state index contributed by atoms with van der Waals surface area (Å²) in [7, 11) is -2.90. The lowest BCUT2D eigenvalue weighted by Crippen LogP contribution is -2.15. The molecule has 1 atom stereocenters. The molecular formula is C20H24IO2P. The van der Waals surface area contributed by atoms with Gasteiger partial charge in [-0.1, -0.05) is 86.8 Å². The number of hydrogen-bond acceptors (Lipinski definition) is 2. The van der Waals surface area contributed by atoms with Crippen molar-refractivity contribution >= 4 is 40.3 Å². The van der Waals surface area contributed by atoms with Gasteiger partial charge in [0.1, 0.15) is 0 Å². The van der Waals surface area contributed by atoms with E-state index in [1.807, 2.05) is 60.7 Å². The van der Waals surface area contributed by atoms with Gasteiger partial charge in [0.2, 0.25) is 0 Å². The molecule has 0 aromatic heterocycles. The molecule has 24 heavy (non-hydrogen) atoms. The molecule has 2 aromatic rings. The number of benzene rings is 2. The maximum absolute atomic E-state index is 13.9. The van der Waals surface area contributed by atoms with Gasteiger partial charge in [-0.05, 0) is 34.8 Å². The van der Waals surface area contributed by atoms with Crippen molar-refractivity contribution in [1.82, 2.24) is 0 Å². The third kappa shape index (κ3) is 5.05. The van der Waals surface area contributed by atoms with Crippen LogP contribution >= 0.6 is 29.7 Å². The van der Waals surface area contributed by atoms with E-state index in [1.54, 1.807) is 5.82 Å². The Morgan fingerprint density at radius 3 is 2.00 bits per heavy atom. The summed E-state index contributed by atoms with van der Waals surface area (Å²) in [6.07, 6.45) is 3.39. The van der Waals surface area contributed by atoms with E-state index >= 15 is 0 Å². The number of unbranched alkanes of at least 4 members (excludes halogenated alkanes) is 2. The van der Waals surface area contributed by atoms with Crippen LogP contribution in [0.4, 0.5) is 0 Å². The fourth-order valence-electron chi connectivity index (χ4n) is 2.58. The fourth-order valence-corrected chi connectivity index (χ4v) is 6.42. The second kappa shape index (κ2) is 9.55. The molecule has 0 heterocycles. The van der Waals surface area contributed by atoms with Gasteiger partial charge in [0.05, 0.1) is 6.10 Å². The smallest absolute Gasteiger partial charge is 0.164 e. The van der Waals surface area contributed by atoms with Crippen LogP contribution in [0.3, 0.4) is 0 Å². The summed E-state index contributed by atoms with van der Waals surface area (Å²) in [6, 6.07) is 19.1. The van der Waals surface area contributed by atoms with Crippen molar-refractivity contribution in [3.05, 3.63) is 70.1 Å². The quantitative estimate of drug-likeness (QED) is 0.338. The first-order valence-electron chi connectivity index (χ1n) is 8.35.